The Labute approximate surface area is 174 Å². The molecule has 4 rings (SSSR count). The van der Waals surface area contributed by atoms with Crippen molar-refractivity contribution >= 4 is 0 Å². The van der Waals surface area contributed by atoms with Gasteiger partial charge in [0.1, 0.15) is 0 Å². The second-order valence-corrected chi connectivity index (χ2v) is 12.3. The van der Waals surface area contributed by atoms with Gasteiger partial charge in [-0.05, 0) is 106 Å². The van der Waals surface area contributed by atoms with Crippen LogP contribution in [-0.4, -0.2) is 10.7 Å². The van der Waals surface area contributed by atoms with Crippen molar-refractivity contribution in [2.45, 2.75) is 124 Å². The fourth-order valence-electron chi connectivity index (χ4n) is 8.52. The summed E-state index contributed by atoms with van der Waals surface area (Å²) >= 11 is 0. The largest absolute Gasteiger partial charge is 0.390 e. The van der Waals surface area contributed by atoms with E-state index in [4.69, 9.17) is 0 Å². The molecule has 0 radical (unpaired) electrons. The molecular formula is C27H46O. The van der Waals surface area contributed by atoms with Gasteiger partial charge in [-0.3, -0.25) is 0 Å². The van der Waals surface area contributed by atoms with E-state index in [1.54, 1.807) is 0 Å². The molecule has 0 bridgehead atoms. The second-order valence-electron chi connectivity index (χ2n) is 12.3. The Morgan fingerprint density at radius 1 is 1.00 bits per heavy atom. The number of aliphatic hydroxyl groups is 1. The molecule has 4 aliphatic carbocycles. The van der Waals surface area contributed by atoms with Crippen molar-refractivity contribution < 1.29 is 5.11 Å². The standard InChI is InChI=1S/C27H46O/c1-19-9-8-17-27(5)22(19)14-12-21-23-13-11-20(10-6-7-16-25(2,3)28)26(23,4)18-15-24(21)27/h19-20,22-23,28H,6-18H2,1-5H3. The topological polar surface area (TPSA) is 20.2 Å². The normalized spacial score (nSPS) is 43.5. The lowest BCUT2D eigenvalue weighted by Crippen LogP contribution is -2.45. The van der Waals surface area contributed by atoms with Gasteiger partial charge in [0.2, 0.25) is 0 Å². The van der Waals surface area contributed by atoms with Crippen molar-refractivity contribution in [3.05, 3.63) is 11.1 Å². The minimum Gasteiger partial charge on any atom is -0.390 e. The first-order chi connectivity index (χ1) is 13.2. The van der Waals surface area contributed by atoms with Gasteiger partial charge in [-0.1, -0.05) is 57.6 Å². The van der Waals surface area contributed by atoms with Crippen LogP contribution in [0.4, 0.5) is 0 Å². The molecule has 0 saturated heterocycles. The third kappa shape index (κ3) is 3.52. The summed E-state index contributed by atoms with van der Waals surface area (Å²) in [6.45, 7) is 11.8. The van der Waals surface area contributed by atoms with Crippen LogP contribution in [0.1, 0.15) is 118 Å². The van der Waals surface area contributed by atoms with Gasteiger partial charge in [-0.15, -0.1) is 0 Å². The summed E-state index contributed by atoms with van der Waals surface area (Å²) in [5, 5.41) is 10.0. The van der Waals surface area contributed by atoms with Crippen LogP contribution in [0.25, 0.3) is 0 Å². The third-order valence-corrected chi connectivity index (χ3v) is 10.1. The molecular weight excluding hydrogens is 340 g/mol. The van der Waals surface area contributed by atoms with Gasteiger partial charge in [0, 0.05) is 0 Å². The Balaban J connectivity index is 1.48. The number of hydrogen-bond acceptors (Lipinski definition) is 1. The van der Waals surface area contributed by atoms with E-state index >= 15 is 0 Å². The molecule has 0 amide bonds. The molecule has 0 aromatic carbocycles. The summed E-state index contributed by atoms with van der Waals surface area (Å²) in [5.41, 5.74) is 4.53. The van der Waals surface area contributed by atoms with E-state index in [1.165, 1.54) is 77.0 Å². The summed E-state index contributed by atoms with van der Waals surface area (Å²) in [4.78, 5) is 0. The zero-order valence-corrected chi connectivity index (χ0v) is 19.4. The van der Waals surface area contributed by atoms with Gasteiger partial charge in [0.25, 0.3) is 0 Å². The van der Waals surface area contributed by atoms with Crippen LogP contribution >= 0.6 is 0 Å². The predicted molar refractivity (Wildman–Crippen MR) is 119 cm³/mol. The van der Waals surface area contributed by atoms with Gasteiger partial charge in [-0.2, -0.15) is 0 Å². The number of hydrogen-bond donors (Lipinski definition) is 1. The quantitative estimate of drug-likeness (QED) is 0.379. The molecule has 28 heavy (non-hydrogen) atoms. The van der Waals surface area contributed by atoms with E-state index in [1.807, 2.05) is 25.0 Å². The molecule has 1 N–H and O–H groups in total. The molecule has 0 aromatic heterocycles. The molecule has 1 nitrogen and oxygen atoms in total. The van der Waals surface area contributed by atoms with Crippen LogP contribution in [0.2, 0.25) is 0 Å². The highest BCUT2D eigenvalue weighted by molar-refractivity contribution is 5.34. The highest BCUT2D eigenvalue weighted by atomic mass is 16.3. The number of fused-ring (bicyclic) bond motifs is 4. The zero-order chi connectivity index (χ0) is 20.2. The maximum Gasteiger partial charge on any atom is 0.0591 e. The molecule has 6 atom stereocenters. The lowest BCUT2D eigenvalue weighted by atomic mass is 9.49. The monoisotopic (exact) mass is 386 g/mol. The van der Waals surface area contributed by atoms with E-state index in [-0.39, 0.29) is 0 Å². The Morgan fingerprint density at radius 3 is 2.54 bits per heavy atom. The molecule has 0 aliphatic heterocycles. The van der Waals surface area contributed by atoms with Crippen LogP contribution in [0, 0.1) is 34.5 Å². The Morgan fingerprint density at radius 2 is 1.79 bits per heavy atom. The Bertz CT molecular complexity index is 610. The van der Waals surface area contributed by atoms with Crippen LogP contribution in [0.15, 0.2) is 11.1 Å². The highest BCUT2D eigenvalue weighted by Crippen LogP contribution is 2.65. The summed E-state index contributed by atoms with van der Waals surface area (Å²) in [7, 11) is 0. The summed E-state index contributed by atoms with van der Waals surface area (Å²) in [6.07, 6.45) is 17.9. The average molecular weight is 387 g/mol. The molecule has 0 heterocycles. The SMILES string of the molecule is CC1CCCC2(C)C3=C(CCC12)C1CCC(CCCCC(C)(C)O)C1(C)CC3. The van der Waals surface area contributed by atoms with E-state index in [0.29, 0.717) is 10.8 Å². The highest BCUT2D eigenvalue weighted by Gasteiger charge is 2.55. The fourth-order valence-corrected chi connectivity index (χ4v) is 8.52. The second kappa shape index (κ2) is 7.44. The van der Waals surface area contributed by atoms with Crippen molar-refractivity contribution in [3.63, 3.8) is 0 Å². The molecule has 0 spiro atoms. The van der Waals surface area contributed by atoms with Gasteiger partial charge < -0.3 is 5.11 Å². The van der Waals surface area contributed by atoms with Gasteiger partial charge in [0.15, 0.2) is 0 Å². The first-order valence-electron chi connectivity index (χ1n) is 12.6. The first-order valence-corrected chi connectivity index (χ1v) is 12.6. The Hall–Kier alpha value is -0.300. The number of allylic oxidation sites excluding steroid dienone is 2. The average Bonchev–Trinajstić information content (AvgIpc) is 2.94. The van der Waals surface area contributed by atoms with Crippen molar-refractivity contribution in [1.82, 2.24) is 0 Å². The smallest absolute Gasteiger partial charge is 0.0591 e. The van der Waals surface area contributed by atoms with Crippen molar-refractivity contribution in [3.8, 4) is 0 Å². The maximum absolute atomic E-state index is 10.0. The van der Waals surface area contributed by atoms with Crippen molar-refractivity contribution in [2.24, 2.45) is 34.5 Å². The molecule has 2 saturated carbocycles. The summed E-state index contributed by atoms with van der Waals surface area (Å²) in [5.74, 6) is 3.71. The number of unbranched alkanes of at least 4 members (excludes halogenated alkanes) is 1. The van der Waals surface area contributed by atoms with Gasteiger partial charge in [0.05, 0.1) is 5.60 Å². The van der Waals surface area contributed by atoms with Crippen molar-refractivity contribution in [2.75, 3.05) is 0 Å². The predicted octanol–water partition coefficient (Wildman–Crippen LogP) is 7.68. The maximum atomic E-state index is 10.0. The lowest BCUT2D eigenvalue weighted by molar-refractivity contribution is 0.0496. The van der Waals surface area contributed by atoms with E-state index in [2.05, 4.69) is 20.8 Å². The molecule has 6 unspecified atom stereocenters. The van der Waals surface area contributed by atoms with Crippen LogP contribution in [0.3, 0.4) is 0 Å². The fraction of sp³-hybridized carbons (Fsp3) is 0.926. The van der Waals surface area contributed by atoms with Crippen LogP contribution < -0.4 is 0 Å². The zero-order valence-electron chi connectivity index (χ0n) is 19.4. The summed E-state index contributed by atoms with van der Waals surface area (Å²) in [6, 6.07) is 0. The lowest BCUT2D eigenvalue weighted by Gasteiger charge is -2.55. The van der Waals surface area contributed by atoms with E-state index < -0.39 is 5.60 Å². The Kier molecular flexibility index (Phi) is 5.56. The molecule has 2 fully saturated rings. The van der Waals surface area contributed by atoms with Crippen LogP contribution in [-0.2, 0) is 0 Å². The van der Waals surface area contributed by atoms with E-state index in [9.17, 15) is 5.11 Å². The summed E-state index contributed by atoms with van der Waals surface area (Å²) < 4.78 is 0. The van der Waals surface area contributed by atoms with E-state index in [0.717, 1.165) is 30.1 Å². The molecule has 4 aliphatic rings. The van der Waals surface area contributed by atoms with Crippen molar-refractivity contribution in [1.29, 1.82) is 0 Å². The number of rotatable bonds is 5. The molecule has 0 aromatic rings. The van der Waals surface area contributed by atoms with Gasteiger partial charge in [-0.25, -0.2) is 0 Å². The minimum absolute atomic E-state index is 0.488. The molecule has 1 heteroatoms. The van der Waals surface area contributed by atoms with Gasteiger partial charge >= 0.3 is 0 Å². The first kappa shape index (κ1) is 21.0. The van der Waals surface area contributed by atoms with Crippen LogP contribution in [0.5, 0.6) is 0 Å². The third-order valence-electron chi connectivity index (χ3n) is 10.1. The minimum atomic E-state index is -0.488. The molecule has 160 valence electrons.